The maximum absolute atomic E-state index is 12.9. The molecule has 0 spiro atoms. The molecule has 0 fully saturated rings. The normalized spacial score (nSPS) is 12.2. The van der Waals surface area contributed by atoms with Crippen LogP contribution in [0.25, 0.3) is 10.9 Å². The Morgan fingerprint density at radius 3 is 2.44 bits per heavy atom. The zero-order chi connectivity index (χ0) is 25.7. The topological polar surface area (TPSA) is 75.5 Å². The van der Waals surface area contributed by atoms with Crippen molar-refractivity contribution in [3.8, 4) is 0 Å². The van der Waals surface area contributed by atoms with Crippen molar-refractivity contribution in [1.82, 2.24) is 15.3 Å². The van der Waals surface area contributed by atoms with Gasteiger partial charge >= 0.3 is 0 Å². The maximum Gasteiger partial charge on any atom is 0.262 e. The van der Waals surface area contributed by atoms with Gasteiger partial charge in [0.2, 0.25) is 0 Å². The molecule has 0 aliphatic heterocycles. The number of hydrogen-bond acceptors (Lipinski definition) is 3. The molecule has 2 N–H and O–H groups in total. The van der Waals surface area contributed by atoms with Gasteiger partial charge in [-0.3, -0.25) is 9.59 Å². The van der Waals surface area contributed by atoms with Crippen LogP contribution in [0.2, 0.25) is 10.0 Å². The molecule has 1 unspecified atom stereocenters. The Kier molecular flexibility index (Phi) is 8.08. The molecule has 8 heteroatoms. The van der Waals surface area contributed by atoms with Gasteiger partial charge in [-0.05, 0) is 47.9 Å². The SMILES string of the molecule is CC(C)C(NC(=O)c1cccc(Cl)c1)C(=O)N/N=C\c1cn(Cc2ccc(Cl)cc2)c2ccccc12. The molecule has 2 amide bonds. The molecule has 184 valence electrons. The molecule has 4 aromatic rings. The lowest BCUT2D eigenvalue weighted by molar-refractivity contribution is -0.123. The van der Waals surface area contributed by atoms with Crippen LogP contribution in [-0.4, -0.2) is 28.6 Å². The van der Waals surface area contributed by atoms with Gasteiger partial charge in [0.1, 0.15) is 6.04 Å². The minimum Gasteiger partial charge on any atom is -0.342 e. The molecular weight excluding hydrogens is 495 g/mol. The van der Waals surface area contributed by atoms with Crippen molar-refractivity contribution in [2.75, 3.05) is 0 Å². The van der Waals surface area contributed by atoms with Crippen molar-refractivity contribution in [1.29, 1.82) is 0 Å². The van der Waals surface area contributed by atoms with E-state index in [1.807, 2.05) is 68.6 Å². The number of amides is 2. The molecule has 0 radical (unpaired) electrons. The Morgan fingerprint density at radius 2 is 1.72 bits per heavy atom. The van der Waals surface area contributed by atoms with Gasteiger partial charge in [0.15, 0.2) is 0 Å². The molecule has 0 saturated heterocycles. The van der Waals surface area contributed by atoms with Crippen molar-refractivity contribution >= 4 is 52.1 Å². The second-order valence-electron chi connectivity index (χ2n) is 8.80. The number of carbonyl (C=O) groups is 2. The highest BCUT2D eigenvalue weighted by molar-refractivity contribution is 6.31. The number of aromatic nitrogens is 1. The van der Waals surface area contributed by atoms with Crippen molar-refractivity contribution in [3.05, 3.63) is 106 Å². The molecule has 0 bridgehead atoms. The van der Waals surface area contributed by atoms with Gasteiger partial charge in [-0.25, -0.2) is 5.43 Å². The number of nitrogens with zero attached hydrogens (tertiary/aromatic N) is 2. The Labute approximate surface area is 219 Å². The average molecular weight is 521 g/mol. The van der Waals surface area contributed by atoms with Crippen LogP contribution in [0.1, 0.15) is 35.3 Å². The number of hydrogen-bond donors (Lipinski definition) is 2. The standard InChI is InChI=1S/C28H26Cl2N4O2/c1-18(2)26(32-27(35)20-6-5-7-23(30)14-20)28(36)33-31-15-21-17-34(25-9-4-3-8-24(21)25)16-19-10-12-22(29)13-11-19/h3-15,17-18,26H,16H2,1-2H3,(H,32,35)(H,33,36)/b31-15-. The van der Waals surface area contributed by atoms with Gasteiger partial charge < -0.3 is 9.88 Å². The monoisotopic (exact) mass is 520 g/mol. The number of para-hydroxylation sites is 1. The van der Waals surface area contributed by atoms with E-state index in [4.69, 9.17) is 23.2 Å². The van der Waals surface area contributed by atoms with Crippen LogP contribution in [0.4, 0.5) is 0 Å². The molecule has 3 aromatic carbocycles. The molecule has 4 rings (SSSR count). The molecule has 1 heterocycles. The Bertz CT molecular complexity index is 1410. The number of rotatable bonds is 8. The van der Waals surface area contributed by atoms with Crippen LogP contribution in [-0.2, 0) is 11.3 Å². The van der Waals surface area contributed by atoms with Crippen LogP contribution < -0.4 is 10.7 Å². The van der Waals surface area contributed by atoms with E-state index in [0.29, 0.717) is 22.2 Å². The largest absolute Gasteiger partial charge is 0.342 e. The van der Waals surface area contributed by atoms with Gasteiger partial charge in [0.05, 0.1) is 6.21 Å². The smallest absolute Gasteiger partial charge is 0.262 e. The van der Waals surface area contributed by atoms with Crippen molar-refractivity contribution in [2.24, 2.45) is 11.0 Å². The van der Waals surface area contributed by atoms with E-state index in [-0.39, 0.29) is 11.8 Å². The van der Waals surface area contributed by atoms with Crippen molar-refractivity contribution in [2.45, 2.75) is 26.4 Å². The lowest BCUT2D eigenvalue weighted by atomic mass is 10.0. The van der Waals surface area contributed by atoms with E-state index in [0.717, 1.165) is 22.0 Å². The first kappa shape index (κ1) is 25.5. The van der Waals surface area contributed by atoms with Crippen LogP contribution in [0, 0.1) is 5.92 Å². The summed E-state index contributed by atoms with van der Waals surface area (Å²) in [5, 5.41) is 9.13. The molecular formula is C28H26Cl2N4O2. The van der Waals surface area contributed by atoms with Crippen molar-refractivity contribution < 1.29 is 9.59 Å². The summed E-state index contributed by atoms with van der Waals surface area (Å²) in [4.78, 5) is 25.5. The van der Waals surface area contributed by atoms with E-state index in [9.17, 15) is 9.59 Å². The Balaban J connectivity index is 1.48. The van der Waals surface area contributed by atoms with E-state index in [1.54, 1.807) is 30.5 Å². The first-order chi connectivity index (χ1) is 17.3. The summed E-state index contributed by atoms with van der Waals surface area (Å²) in [6.07, 6.45) is 3.62. The summed E-state index contributed by atoms with van der Waals surface area (Å²) < 4.78 is 2.13. The molecule has 36 heavy (non-hydrogen) atoms. The fraction of sp³-hybridized carbons (Fsp3) is 0.179. The number of benzene rings is 3. The van der Waals surface area contributed by atoms with Crippen LogP contribution in [0.3, 0.4) is 0 Å². The first-order valence-electron chi connectivity index (χ1n) is 11.5. The summed E-state index contributed by atoms with van der Waals surface area (Å²) in [6, 6.07) is 21.6. The third-order valence-electron chi connectivity index (χ3n) is 5.79. The van der Waals surface area contributed by atoms with Crippen LogP contribution >= 0.6 is 23.2 Å². The molecule has 1 aromatic heterocycles. The molecule has 0 saturated carbocycles. The van der Waals surface area contributed by atoms with E-state index in [1.165, 1.54) is 0 Å². The Hall–Kier alpha value is -3.61. The minimum atomic E-state index is -0.764. The summed E-state index contributed by atoms with van der Waals surface area (Å²) in [5.74, 6) is -0.924. The first-order valence-corrected chi connectivity index (χ1v) is 12.3. The highest BCUT2D eigenvalue weighted by atomic mass is 35.5. The number of carbonyl (C=O) groups excluding carboxylic acids is 2. The number of halogens is 2. The van der Waals surface area contributed by atoms with Crippen LogP contribution in [0.5, 0.6) is 0 Å². The Morgan fingerprint density at radius 1 is 0.972 bits per heavy atom. The molecule has 0 aliphatic carbocycles. The fourth-order valence-electron chi connectivity index (χ4n) is 3.92. The van der Waals surface area contributed by atoms with Crippen LogP contribution in [0.15, 0.2) is 84.1 Å². The third kappa shape index (κ3) is 6.14. The average Bonchev–Trinajstić information content (AvgIpc) is 3.20. The minimum absolute atomic E-state index is 0.148. The van der Waals surface area contributed by atoms with Gasteiger partial charge in [-0.2, -0.15) is 5.10 Å². The zero-order valence-electron chi connectivity index (χ0n) is 19.9. The highest BCUT2D eigenvalue weighted by Crippen LogP contribution is 2.22. The summed E-state index contributed by atoms with van der Waals surface area (Å²) in [6.45, 7) is 4.38. The van der Waals surface area contributed by atoms with Gasteiger partial charge in [-0.15, -0.1) is 0 Å². The number of fused-ring (bicyclic) bond motifs is 1. The van der Waals surface area contributed by atoms with Gasteiger partial charge in [0.25, 0.3) is 11.8 Å². The van der Waals surface area contributed by atoms with E-state index >= 15 is 0 Å². The second-order valence-corrected chi connectivity index (χ2v) is 9.67. The predicted octanol–water partition coefficient (Wildman–Crippen LogP) is 5.90. The molecule has 0 aliphatic rings. The van der Waals surface area contributed by atoms with Crippen molar-refractivity contribution in [3.63, 3.8) is 0 Å². The summed E-state index contributed by atoms with van der Waals surface area (Å²) in [7, 11) is 0. The number of hydrazone groups is 1. The van der Waals surface area contributed by atoms with Gasteiger partial charge in [0, 0.05) is 44.8 Å². The van der Waals surface area contributed by atoms with Gasteiger partial charge in [-0.1, -0.05) is 73.4 Å². The van der Waals surface area contributed by atoms with E-state index < -0.39 is 11.9 Å². The lowest BCUT2D eigenvalue weighted by Gasteiger charge is -2.20. The fourth-order valence-corrected chi connectivity index (χ4v) is 4.24. The molecule has 6 nitrogen and oxygen atoms in total. The maximum atomic E-state index is 12.9. The quantitative estimate of drug-likeness (QED) is 0.224. The van der Waals surface area contributed by atoms with E-state index in [2.05, 4.69) is 20.4 Å². The summed E-state index contributed by atoms with van der Waals surface area (Å²) in [5.41, 5.74) is 6.00. The second kappa shape index (κ2) is 11.4. The number of nitrogens with one attached hydrogen (secondary N) is 2. The summed E-state index contributed by atoms with van der Waals surface area (Å²) >= 11 is 12.0. The zero-order valence-corrected chi connectivity index (χ0v) is 21.4. The highest BCUT2D eigenvalue weighted by Gasteiger charge is 2.24. The lowest BCUT2D eigenvalue weighted by Crippen LogP contribution is -2.48. The third-order valence-corrected chi connectivity index (χ3v) is 6.27. The predicted molar refractivity (Wildman–Crippen MR) is 146 cm³/mol. The molecule has 1 atom stereocenters.